The standard InChI is InChI=1S/C17H12F3N3O/c18-17(19,20)15-8-7-11(10-23-15)24-16-13(5-3-9-22-16)12-4-1-2-6-14(12)21/h1-10H,21H2. The summed E-state index contributed by atoms with van der Waals surface area (Å²) in [4.78, 5) is 7.50. The van der Waals surface area contributed by atoms with Crippen molar-refractivity contribution in [3.05, 3.63) is 66.6 Å². The maximum Gasteiger partial charge on any atom is 0.433 e. The molecule has 2 heterocycles. The molecule has 3 aromatic rings. The van der Waals surface area contributed by atoms with Crippen molar-refractivity contribution < 1.29 is 17.9 Å². The molecular formula is C17H12F3N3O. The molecule has 4 nitrogen and oxygen atoms in total. The zero-order valence-electron chi connectivity index (χ0n) is 12.3. The fourth-order valence-electron chi connectivity index (χ4n) is 2.14. The average molecular weight is 331 g/mol. The number of nitrogen functional groups attached to an aromatic ring is 1. The molecule has 0 bridgehead atoms. The molecule has 24 heavy (non-hydrogen) atoms. The summed E-state index contributed by atoms with van der Waals surface area (Å²) in [6.45, 7) is 0. The van der Waals surface area contributed by atoms with Crippen LogP contribution in [0.25, 0.3) is 11.1 Å². The van der Waals surface area contributed by atoms with Gasteiger partial charge in [0, 0.05) is 23.0 Å². The van der Waals surface area contributed by atoms with E-state index in [4.69, 9.17) is 10.5 Å². The molecule has 0 fully saturated rings. The van der Waals surface area contributed by atoms with Crippen molar-refractivity contribution in [1.29, 1.82) is 0 Å². The zero-order chi connectivity index (χ0) is 17.2. The molecule has 0 aliphatic heterocycles. The molecule has 0 amide bonds. The molecule has 2 N–H and O–H groups in total. The molecule has 122 valence electrons. The Labute approximate surface area is 135 Å². The van der Waals surface area contributed by atoms with Gasteiger partial charge in [0.1, 0.15) is 11.4 Å². The van der Waals surface area contributed by atoms with Crippen LogP contribution in [0.1, 0.15) is 5.69 Å². The highest BCUT2D eigenvalue weighted by atomic mass is 19.4. The number of rotatable bonds is 3. The molecule has 0 saturated carbocycles. The molecule has 0 atom stereocenters. The zero-order valence-corrected chi connectivity index (χ0v) is 12.3. The van der Waals surface area contributed by atoms with Crippen LogP contribution in [0, 0.1) is 0 Å². The number of hydrogen-bond acceptors (Lipinski definition) is 4. The molecule has 0 aliphatic rings. The molecule has 7 heteroatoms. The van der Waals surface area contributed by atoms with Crippen molar-refractivity contribution in [3.63, 3.8) is 0 Å². The Hall–Kier alpha value is -3.09. The number of para-hydroxylation sites is 1. The summed E-state index contributed by atoms with van der Waals surface area (Å²) in [5.74, 6) is 0.384. The second-order valence-electron chi connectivity index (χ2n) is 4.92. The van der Waals surface area contributed by atoms with Gasteiger partial charge >= 0.3 is 6.18 Å². The summed E-state index contributed by atoms with van der Waals surface area (Å²) in [5.41, 5.74) is 6.88. The van der Waals surface area contributed by atoms with E-state index in [0.717, 1.165) is 17.8 Å². The maximum atomic E-state index is 12.5. The first-order valence-electron chi connectivity index (χ1n) is 6.96. The minimum absolute atomic E-state index is 0.150. The van der Waals surface area contributed by atoms with Gasteiger partial charge in [-0.2, -0.15) is 13.2 Å². The fraction of sp³-hybridized carbons (Fsp3) is 0.0588. The Kier molecular flexibility index (Phi) is 4.07. The van der Waals surface area contributed by atoms with Crippen molar-refractivity contribution in [3.8, 4) is 22.8 Å². The van der Waals surface area contributed by atoms with Crippen LogP contribution in [0.4, 0.5) is 18.9 Å². The van der Waals surface area contributed by atoms with Crippen LogP contribution in [0.15, 0.2) is 60.9 Å². The molecule has 3 rings (SSSR count). The van der Waals surface area contributed by atoms with Gasteiger partial charge in [-0.05, 0) is 30.3 Å². The van der Waals surface area contributed by atoms with E-state index >= 15 is 0 Å². The van der Waals surface area contributed by atoms with Crippen molar-refractivity contribution in [2.45, 2.75) is 6.18 Å². The summed E-state index contributed by atoms with van der Waals surface area (Å²) >= 11 is 0. The number of alkyl halides is 3. The minimum Gasteiger partial charge on any atom is -0.437 e. The van der Waals surface area contributed by atoms with Crippen LogP contribution in [0.3, 0.4) is 0 Å². The lowest BCUT2D eigenvalue weighted by molar-refractivity contribution is -0.141. The molecule has 1 aromatic carbocycles. The summed E-state index contributed by atoms with van der Waals surface area (Å²) < 4.78 is 43.2. The predicted octanol–water partition coefficient (Wildman–Crippen LogP) is 4.54. The van der Waals surface area contributed by atoms with E-state index in [-0.39, 0.29) is 11.6 Å². The highest BCUT2D eigenvalue weighted by molar-refractivity contribution is 5.79. The number of hydrogen-bond donors (Lipinski definition) is 1. The largest absolute Gasteiger partial charge is 0.437 e. The summed E-state index contributed by atoms with van der Waals surface area (Å²) in [7, 11) is 0. The van der Waals surface area contributed by atoms with E-state index in [2.05, 4.69) is 9.97 Å². The number of nitrogens with zero attached hydrogens (tertiary/aromatic N) is 2. The van der Waals surface area contributed by atoms with Crippen LogP contribution in [0.2, 0.25) is 0 Å². The summed E-state index contributed by atoms with van der Waals surface area (Å²) in [6, 6.07) is 12.7. The normalized spacial score (nSPS) is 11.3. The Balaban J connectivity index is 1.93. The van der Waals surface area contributed by atoms with Gasteiger partial charge in [0.2, 0.25) is 5.88 Å². The smallest absolute Gasteiger partial charge is 0.433 e. The molecule has 2 aromatic heterocycles. The minimum atomic E-state index is -4.49. The van der Waals surface area contributed by atoms with Gasteiger partial charge < -0.3 is 10.5 Å². The van der Waals surface area contributed by atoms with Gasteiger partial charge in [-0.1, -0.05) is 18.2 Å². The fourth-order valence-corrected chi connectivity index (χ4v) is 2.14. The first-order chi connectivity index (χ1) is 11.4. The van der Waals surface area contributed by atoms with Gasteiger partial charge in [-0.15, -0.1) is 0 Å². The number of nitrogens with two attached hydrogens (primary N) is 1. The highest BCUT2D eigenvalue weighted by Gasteiger charge is 2.32. The lowest BCUT2D eigenvalue weighted by Gasteiger charge is -2.12. The van der Waals surface area contributed by atoms with Gasteiger partial charge in [0.05, 0.1) is 6.20 Å². The van der Waals surface area contributed by atoms with Crippen LogP contribution < -0.4 is 10.5 Å². The third-order valence-electron chi connectivity index (χ3n) is 3.26. The number of ether oxygens (including phenoxy) is 1. The number of halogens is 3. The van der Waals surface area contributed by atoms with E-state index in [1.165, 1.54) is 12.3 Å². The van der Waals surface area contributed by atoms with E-state index in [1.54, 1.807) is 24.3 Å². The number of pyridine rings is 2. The van der Waals surface area contributed by atoms with Crippen LogP contribution >= 0.6 is 0 Å². The number of aromatic nitrogens is 2. The van der Waals surface area contributed by atoms with Crippen LogP contribution in [-0.4, -0.2) is 9.97 Å². The third kappa shape index (κ3) is 3.29. The van der Waals surface area contributed by atoms with Gasteiger partial charge in [0.15, 0.2) is 0 Å². The maximum absolute atomic E-state index is 12.5. The molecular weight excluding hydrogens is 319 g/mol. The van der Waals surface area contributed by atoms with Crippen molar-refractivity contribution in [1.82, 2.24) is 9.97 Å². The Morgan fingerprint density at radius 3 is 2.29 bits per heavy atom. The highest BCUT2D eigenvalue weighted by Crippen LogP contribution is 2.35. The molecule has 0 unspecified atom stereocenters. The van der Waals surface area contributed by atoms with E-state index in [1.807, 2.05) is 12.1 Å². The lowest BCUT2D eigenvalue weighted by Crippen LogP contribution is -2.07. The summed E-state index contributed by atoms with van der Waals surface area (Å²) in [5, 5.41) is 0. The summed E-state index contributed by atoms with van der Waals surface area (Å²) in [6.07, 6.45) is -1.96. The average Bonchev–Trinajstić information content (AvgIpc) is 2.56. The Morgan fingerprint density at radius 1 is 0.875 bits per heavy atom. The molecule has 0 saturated heterocycles. The van der Waals surface area contributed by atoms with Crippen molar-refractivity contribution in [2.75, 3.05) is 5.73 Å². The third-order valence-corrected chi connectivity index (χ3v) is 3.26. The monoisotopic (exact) mass is 331 g/mol. The quantitative estimate of drug-likeness (QED) is 0.716. The van der Waals surface area contributed by atoms with E-state index in [9.17, 15) is 13.2 Å². The van der Waals surface area contributed by atoms with Gasteiger partial charge in [0.25, 0.3) is 0 Å². The SMILES string of the molecule is Nc1ccccc1-c1cccnc1Oc1ccc(C(F)(F)F)nc1. The first-order valence-corrected chi connectivity index (χ1v) is 6.96. The molecule has 0 spiro atoms. The van der Waals surface area contributed by atoms with Crippen LogP contribution in [0.5, 0.6) is 11.6 Å². The van der Waals surface area contributed by atoms with Crippen molar-refractivity contribution in [2.24, 2.45) is 0 Å². The lowest BCUT2D eigenvalue weighted by atomic mass is 10.1. The van der Waals surface area contributed by atoms with E-state index < -0.39 is 11.9 Å². The second-order valence-corrected chi connectivity index (χ2v) is 4.92. The Bertz CT molecular complexity index is 848. The van der Waals surface area contributed by atoms with Crippen molar-refractivity contribution >= 4 is 5.69 Å². The topological polar surface area (TPSA) is 61.0 Å². The Morgan fingerprint density at radius 2 is 1.62 bits per heavy atom. The molecule has 0 aliphatic carbocycles. The number of benzene rings is 1. The van der Waals surface area contributed by atoms with Gasteiger partial charge in [-0.3, -0.25) is 0 Å². The van der Waals surface area contributed by atoms with Crippen LogP contribution in [-0.2, 0) is 6.18 Å². The van der Waals surface area contributed by atoms with Gasteiger partial charge in [-0.25, -0.2) is 9.97 Å². The first kappa shape index (κ1) is 15.8. The molecule has 0 radical (unpaired) electrons. The predicted molar refractivity (Wildman–Crippen MR) is 83.4 cm³/mol. The number of anilines is 1. The second kappa shape index (κ2) is 6.19. The van der Waals surface area contributed by atoms with E-state index in [0.29, 0.717) is 11.3 Å².